The summed E-state index contributed by atoms with van der Waals surface area (Å²) >= 11 is 0. The van der Waals surface area contributed by atoms with Gasteiger partial charge in [-0.25, -0.2) is 0 Å². The average Bonchev–Trinajstić information content (AvgIpc) is 0.835. The fourth-order valence-electron chi connectivity index (χ4n) is 9.73. The van der Waals surface area contributed by atoms with Crippen LogP contribution in [-0.4, -0.2) is 62.8 Å². The maximum Gasteiger partial charge on any atom is 0.127 e. The minimum Gasteiger partial charge on any atom is -0.493 e. The van der Waals surface area contributed by atoms with Crippen molar-refractivity contribution in [2.75, 3.05) is 52.9 Å². The second-order valence-electron chi connectivity index (χ2n) is 28.7. The highest BCUT2D eigenvalue weighted by atomic mass is 16.5. The van der Waals surface area contributed by atoms with Gasteiger partial charge in [-0.05, 0) is 208 Å². The molecule has 10 heteroatoms. The van der Waals surface area contributed by atoms with Crippen molar-refractivity contribution >= 4 is 48.6 Å². The molecule has 0 aliphatic heterocycles. The van der Waals surface area contributed by atoms with Gasteiger partial charge in [0.25, 0.3) is 0 Å². The fourth-order valence-corrected chi connectivity index (χ4v) is 9.73. The van der Waals surface area contributed by atoms with Crippen molar-refractivity contribution in [2.24, 2.45) is 47.3 Å². The van der Waals surface area contributed by atoms with Gasteiger partial charge in [-0.15, -0.1) is 0 Å². The number of ether oxygens (including phenoxy) is 8. The third-order valence-electron chi connectivity index (χ3n) is 16.1. The van der Waals surface area contributed by atoms with E-state index in [2.05, 4.69) is 234 Å². The Kier molecular flexibility index (Phi) is 31.7. The first-order chi connectivity index (χ1) is 45.0. The minimum atomic E-state index is 0.481. The molecule has 6 rings (SSSR count). The summed E-state index contributed by atoms with van der Waals surface area (Å²) in [5, 5.41) is 0. The zero-order chi connectivity index (χ0) is 68.1. The Hall–Kier alpha value is -7.46. The number of aromatic nitrogens is 2. The molecule has 0 atom stereocenters. The van der Waals surface area contributed by atoms with Crippen LogP contribution in [0.5, 0.6) is 46.0 Å². The second-order valence-corrected chi connectivity index (χ2v) is 28.7. The number of nitrogens with zero attached hydrogens (tertiary/aromatic N) is 2. The summed E-state index contributed by atoms with van der Waals surface area (Å²) in [5.74, 6) is 10.6. The van der Waals surface area contributed by atoms with E-state index < -0.39 is 0 Å². The first-order valence-electron chi connectivity index (χ1n) is 35.3. The summed E-state index contributed by atoms with van der Waals surface area (Å²) in [6.07, 6.45) is 28.2. The largest absolute Gasteiger partial charge is 0.493 e. The number of hydrogen-bond donors (Lipinski definition) is 0. The maximum atomic E-state index is 6.69. The quantitative estimate of drug-likeness (QED) is 0.0345. The van der Waals surface area contributed by atoms with E-state index in [0.717, 1.165) is 164 Å². The van der Waals surface area contributed by atoms with Crippen molar-refractivity contribution in [2.45, 2.75) is 176 Å². The van der Waals surface area contributed by atoms with Crippen molar-refractivity contribution in [1.29, 1.82) is 0 Å². The second kappa shape index (κ2) is 39.4. The van der Waals surface area contributed by atoms with Gasteiger partial charge >= 0.3 is 0 Å². The number of aryl methyl sites for hydroxylation is 2. The first kappa shape index (κ1) is 75.6. The SMILES string of the molecule is Cc1cc(OCCC(C)C)c(/C=C/c2cc(OCCC(C)C)c(/C=C/c3ccnc(-c4cc(/C=C/c5cc(OCCC(C)C)c(/C=C/c6cc(OCCC(C)C)c(C)cc6OCCC(C)C)cc5OCCC(C)C)ccn4)c3)cc2OCCC(C)C)cc1OCCC(C)C. The van der Waals surface area contributed by atoms with Gasteiger partial charge in [0, 0.05) is 45.8 Å². The fraction of sp³-hybridized carbons (Fsp3) is 0.500. The van der Waals surface area contributed by atoms with Crippen LogP contribution in [0.4, 0.5) is 0 Å². The molecule has 4 aromatic carbocycles. The van der Waals surface area contributed by atoms with E-state index in [0.29, 0.717) is 100 Å². The van der Waals surface area contributed by atoms with Crippen LogP contribution in [0.25, 0.3) is 60.0 Å². The molecule has 0 amide bonds. The Morgan fingerprint density at radius 1 is 0.255 bits per heavy atom. The Balaban J connectivity index is 1.35. The van der Waals surface area contributed by atoms with Crippen molar-refractivity contribution in [3.63, 3.8) is 0 Å². The number of rotatable bonds is 41. The first-order valence-corrected chi connectivity index (χ1v) is 35.3. The highest BCUT2D eigenvalue weighted by molar-refractivity contribution is 5.83. The maximum absolute atomic E-state index is 6.69. The average molecular weight is 1280 g/mol. The van der Waals surface area contributed by atoms with Crippen molar-refractivity contribution in [1.82, 2.24) is 9.97 Å². The molecule has 0 aliphatic rings. The predicted octanol–water partition coefficient (Wildman–Crippen LogP) is 22.8. The minimum absolute atomic E-state index is 0.481. The monoisotopic (exact) mass is 1280 g/mol. The Morgan fingerprint density at radius 3 is 0.670 bits per heavy atom. The predicted molar refractivity (Wildman–Crippen MR) is 398 cm³/mol. The summed E-state index contributed by atoms with van der Waals surface area (Å²) in [4.78, 5) is 9.70. The van der Waals surface area contributed by atoms with Gasteiger partial charge in [0.15, 0.2) is 0 Å². The van der Waals surface area contributed by atoms with Gasteiger partial charge in [0.1, 0.15) is 46.0 Å². The molecule has 0 saturated carbocycles. The van der Waals surface area contributed by atoms with E-state index in [-0.39, 0.29) is 0 Å². The molecule has 0 spiro atoms. The summed E-state index contributed by atoms with van der Waals surface area (Å²) in [6.45, 7) is 44.7. The number of hydrogen-bond acceptors (Lipinski definition) is 10. The van der Waals surface area contributed by atoms with E-state index in [1.807, 2.05) is 24.5 Å². The Morgan fingerprint density at radius 2 is 0.447 bits per heavy atom. The van der Waals surface area contributed by atoms with Gasteiger partial charge < -0.3 is 37.9 Å². The summed E-state index contributed by atoms with van der Waals surface area (Å²) < 4.78 is 52.5. The zero-order valence-electron chi connectivity index (χ0n) is 60.8. The van der Waals surface area contributed by atoms with Gasteiger partial charge in [-0.2, -0.15) is 0 Å². The number of pyridine rings is 2. The highest BCUT2D eigenvalue weighted by Crippen LogP contribution is 2.38. The van der Waals surface area contributed by atoms with Gasteiger partial charge in [-0.3, -0.25) is 9.97 Å². The molecule has 2 heterocycles. The third-order valence-corrected chi connectivity index (χ3v) is 16.1. The molecule has 94 heavy (non-hydrogen) atoms. The van der Waals surface area contributed by atoms with E-state index in [4.69, 9.17) is 47.9 Å². The van der Waals surface area contributed by atoms with Crippen LogP contribution in [-0.2, 0) is 0 Å². The van der Waals surface area contributed by atoms with Crippen LogP contribution in [0.1, 0.15) is 218 Å². The zero-order valence-corrected chi connectivity index (χ0v) is 60.8. The standard InChI is InChI=1S/C84H116N2O8/c1-57(2)29-39-87-77-51-71(79(47-65(77)17)89-41-31-59(5)6)23-25-73-55-81(91-43-33-61(9)10)69(53-83(73)93-45-35-63(13)14)21-19-67-27-37-85-75(49-67)76-50-68(28-38-86-76)20-22-70-54-84(94-46-36-64(15)16)74(56-82(70)92-44-34-62(11)12)26-24-72-52-78(88-40-30-58(3)4)66(18)48-80(72)90-42-32-60(7)8/h19-28,37-38,47-64H,29-36,39-46H2,1-18H3/b21-19+,22-20+,25-23+,26-24+. The van der Waals surface area contributed by atoms with Crippen LogP contribution in [0.3, 0.4) is 0 Å². The highest BCUT2D eigenvalue weighted by Gasteiger charge is 2.17. The molecule has 6 aromatic rings. The molecule has 0 fully saturated rings. The molecule has 0 bridgehead atoms. The van der Waals surface area contributed by atoms with Gasteiger partial charge in [-0.1, -0.05) is 159 Å². The van der Waals surface area contributed by atoms with Crippen LogP contribution < -0.4 is 37.9 Å². The molecule has 0 unspecified atom stereocenters. The molecule has 510 valence electrons. The number of benzene rings is 4. The van der Waals surface area contributed by atoms with Gasteiger partial charge in [0.05, 0.1) is 64.2 Å². The molecule has 0 radical (unpaired) electrons. The smallest absolute Gasteiger partial charge is 0.127 e. The molecule has 0 saturated heterocycles. The summed E-state index contributed by atoms with van der Waals surface area (Å²) in [5.41, 5.74) is 11.2. The summed E-state index contributed by atoms with van der Waals surface area (Å²) in [6, 6.07) is 25.1. The van der Waals surface area contributed by atoms with Crippen LogP contribution >= 0.6 is 0 Å². The van der Waals surface area contributed by atoms with Crippen molar-refractivity contribution in [3.05, 3.63) is 141 Å². The molecule has 2 aromatic heterocycles. The van der Waals surface area contributed by atoms with Crippen molar-refractivity contribution < 1.29 is 37.9 Å². The van der Waals surface area contributed by atoms with Crippen molar-refractivity contribution in [3.8, 4) is 57.4 Å². The molecule has 0 aliphatic carbocycles. The molecular formula is C84H116N2O8. The molecule has 0 N–H and O–H groups in total. The molecular weight excluding hydrogens is 1160 g/mol. The lowest BCUT2D eigenvalue weighted by atomic mass is 10.0. The van der Waals surface area contributed by atoms with E-state index >= 15 is 0 Å². The van der Waals surface area contributed by atoms with E-state index in [1.165, 1.54) is 0 Å². The summed E-state index contributed by atoms with van der Waals surface area (Å²) in [7, 11) is 0. The normalized spacial score (nSPS) is 12.1. The lowest BCUT2D eigenvalue weighted by Gasteiger charge is -2.17. The lowest BCUT2D eigenvalue weighted by molar-refractivity contribution is 0.280. The Bertz CT molecular complexity index is 3160. The van der Waals surface area contributed by atoms with Crippen LogP contribution in [0, 0.1) is 61.2 Å². The topological polar surface area (TPSA) is 99.6 Å². The lowest BCUT2D eigenvalue weighted by Crippen LogP contribution is -2.06. The van der Waals surface area contributed by atoms with E-state index in [1.54, 1.807) is 0 Å². The Labute approximate surface area is 568 Å². The van der Waals surface area contributed by atoms with Crippen LogP contribution in [0.2, 0.25) is 0 Å². The third kappa shape index (κ3) is 26.7. The van der Waals surface area contributed by atoms with Gasteiger partial charge in [0.2, 0.25) is 0 Å². The molecule has 10 nitrogen and oxygen atoms in total. The van der Waals surface area contributed by atoms with E-state index in [9.17, 15) is 0 Å². The van der Waals surface area contributed by atoms with Crippen LogP contribution in [0.15, 0.2) is 85.2 Å².